The molecule has 1 unspecified atom stereocenters. The Balaban J connectivity index is 1.26. The number of amides is 3. The lowest BCUT2D eigenvalue weighted by atomic mass is 10.0. The number of dihydropyridines is 1. The fraction of sp³-hybridized carbons (Fsp3) is 0.333. The van der Waals surface area contributed by atoms with Crippen LogP contribution in [0.3, 0.4) is 0 Å². The molecule has 2 aromatic rings. The van der Waals surface area contributed by atoms with Gasteiger partial charge in [0.25, 0.3) is 11.8 Å². The van der Waals surface area contributed by atoms with Crippen molar-refractivity contribution in [2.24, 2.45) is 10.9 Å². The first-order valence-corrected chi connectivity index (χ1v) is 12.0. The van der Waals surface area contributed by atoms with Crippen LogP contribution >= 0.6 is 11.3 Å². The topological polar surface area (TPSA) is 91.3 Å². The van der Waals surface area contributed by atoms with Crippen LogP contribution in [0.2, 0.25) is 0 Å². The van der Waals surface area contributed by atoms with Crippen LogP contribution in [0, 0.1) is 5.92 Å². The van der Waals surface area contributed by atoms with Gasteiger partial charge in [-0.2, -0.15) is 0 Å². The van der Waals surface area contributed by atoms with Crippen molar-refractivity contribution in [2.75, 3.05) is 26.2 Å². The van der Waals surface area contributed by atoms with Crippen molar-refractivity contribution in [1.29, 1.82) is 0 Å². The zero-order chi connectivity index (χ0) is 25.7. The highest BCUT2D eigenvalue weighted by molar-refractivity contribution is 7.14. The van der Waals surface area contributed by atoms with Crippen molar-refractivity contribution in [3.63, 3.8) is 0 Å². The molecule has 1 aromatic heterocycles. The van der Waals surface area contributed by atoms with Gasteiger partial charge in [-0.1, -0.05) is 24.3 Å². The lowest BCUT2D eigenvalue weighted by molar-refractivity contribution is -0.274. The van der Waals surface area contributed by atoms with Gasteiger partial charge in [-0.05, 0) is 24.3 Å². The first-order valence-electron chi connectivity index (χ1n) is 11.2. The summed E-state index contributed by atoms with van der Waals surface area (Å²) in [6.45, 7) is 2.69. The molecule has 0 aliphatic carbocycles. The summed E-state index contributed by atoms with van der Waals surface area (Å²) < 4.78 is 41.8. The van der Waals surface area contributed by atoms with E-state index in [-0.39, 0.29) is 23.8 Å². The molecule has 2 aliphatic heterocycles. The van der Waals surface area contributed by atoms with Gasteiger partial charge in [0.2, 0.25) is 5.91 Å². The molecule has 0 spiro atoms. The number of benzene rings is 1. The SMILES string of the molecule is O=C(NCc1ccccc1OC(F)(F)F)c1ccc(CN2CCN(C(=O)C3C=CC=NC3=O)CC2)s1. The quantitative estimate of drug-likeness (QED) is 0.567. The summed E-state index contributed by atoms with van der Waals surface area (Å²) in [5, 5.41) is 2.63. The molecular weight excluding hydrogens is 497 g/mol. The number of carbonyl (C=O) groups excluding carboxylic acids is 3. The van der Waals surface area contributed by atoms with Crippen LogP contribution in [-0.2, 0) is 22.7 Å². The number of ether oxygens (including phenoxy) is 1. The molecule has 190 valence electrons. The Morgan fingerprint density at radius 2 is 1.86 bits per heavy atom. The molecule has 4 rings (SSSR count). The number of nitrogens with one attached hydrogen (secondary N) is 1. The molecule has 1 saturated heterocycles. The molecule has 1 aromatic carbocycles. The Kier molecular flexibility index (Phi) is 7.85. The number of allylic oxidation sites excluding steroid dienone is 1. The minimum absolute atomic E-state index is 0.113. The molecule has 0 saturated carbocycles. The number of hydrogen-bond donors (Lipinski definition) is 1. The molecular formula is C24H23F3N4O4S. The van der Waals surface area contributed by atoms with Gasteiger partial charge in [0.1, 0.15) is 11.7 Å². The average molecular weight is 521 g/mol. The first kappa shape index (κ1) is 25.6. The molecule has 0 bridgehead atoms. The number of thiophene rings is 1. The van der Waals surface area contributed by atoms with Crippen LogP contribution in [0.4, 0.5) is 13.2 Å². The lowest BCUT2D eigenvalue weighted by Crippen LogP contribution is -2.50. The second kappa shape index (κ2) is 11.0. The average Bonchev–Trinajstić information content (AvgIpc) is 3.31. The summed E-state index contributed by atoms with van der Waals surface area (Å²) in [5.74, 6) is -2.30. The molecule has 1 atom stereocenters. The summed E-state index contributed by atoms with van der Waals surface area (Å²) in [6, 6.07) is 9.16. The molecule has 8 nitrogen and oxygen atoms in total. The summed E-state index contributed by atoms with van der Waals surface area (Å²) in [4.78, 5) is 45.9. The second-order valence-electron chi connectivity index (χ2n) is 8.18. The number of aliphatic imine (C=N–C) groups is 1. The van der Waals surface area contributed by atoms with E-state index in [0.29, 0.717) is 37.6 Å². The Hall–Kier alpha value is -3.51. The number of rotatable bonds is 7. The van der Waals surface area contributed by atoms with Gasteiger partial charge in [-0.3, -0.25) is 19.3 Å². The molecule has 12 heteroatoms. The van der Waals surface area contributed by atoms with E-state index in [1.54, 1.807) is 29.2 Å². The number of carbonyl (C=O) groups is 3. The molecule has 1 fully saturated rings. The van der Waals surface area contributed by atoms with Gasteiger partial charge in [0.05, 0.1) is 4.88 Å². The summed E-state index contributed by atoms with van der Waals surface area (Å²) in [6.07, 6.45) is -0.286. The summed E-state index contributed by atoms with van der Waals surface area (Å²) >= 11 is 1.30. The zero-order valence-electron chi connectivity index (χ0n) is 19.0. The molecule has 0 radical (unpaired) electrons. The number of halogens is 3. The van der Waals surface area contributed by atoms with Crippen LogP contribution in [0.15, 0.2) is 53.5 Å². The maximum atomic E-state index is 12.6. The smallest absolute Gasteiger partial charge is 0.405 e. The van der Waals surface area contributed by atoms with E-state index in [9.17, 15) is 27.6 Å². The minimum atomic E-state index is -4.82. The van der Waals surface area contributed by atoms with Crippen LogP contribution in [0.25, 0.3) is 0 Å². The molecule has 3 heterocycles. The van der Waals surface area contributed by atoms with E-state index >= 15 is 0 Å². The monoisotopic (exact) mass is 520 g/mol. The van der Waals surface area contributed by atoms with E-state index < -0.39 is 24.1 Å². The van der Waals surface area contributed by atoms with E-state index in [1.807, 2.05) is 6.07 Å². The second-order valence-corrected chi connectivity index (χ2v) is 9.35. The van der Waals surface area contributed by atoms with Crippen molar-refractivity contribution in [2.45, 2.75) is 19.5 Å². The normalized spacial score (nSPS) is 18.4. The third-order valence-electron chi connectivity index (χ3n) is 5.71. The highest BCUT2D eigenvalue weighted by Gasteiger charge is 2.32. The van der Waals surface area contributed by atoms with Gasteiger partial charge in [0, 0.05) is 55.9 Å². The van der Waals surface area contributed by atoms with E-state index in [1.165, 1.54) is 35.8 Å². The molecule has 3 amide bonds. The third kappa shape index (κ3) is 6.58. The van der Waals surface area contributed by atoms with Crippen LogP contribution in [-0.4, -0.2) is 66.3 Å². The van der Waals surface area contributed by atoms with Gasteiger partial charge in [0.15, 0.2) is 0 Å². The number of para-hydroxylation sites is 1. The van der Waals surface area contributed by atoms with Crippen LogP contribution < -0.4 is 10.1 Å². The van der Waals surface area contributed by atoms with Gasteiger partial charge in [-0.25, -0.2) is 4.99 Å². The van der Waals surface area contributed by atoms with Crippen molar-refractivity contribution >= 4 is 35.3 Å². The number of hydrogen-bond acceptors (Lipinski definition) is 6. The lowest BCUT2D eigenvalue weighted by Gasteiger charge is -2.35. The standard InChI is InChI=1S/C24H23F3N4O4S/c25-24(26,27)35-19-6-2-1-4-16(19)14-29-22(33)20-8-7-17(36-20)15-30-10-12-31(13-11-30)23(34)18-5-3-9-28-21(18)32/h1-9,18H,10-15H2,(H,29,33). The van der Waals surface area contributed by atoms with Gasteiger partial charge < -0.3 is 15.0 Å². The fourth-order valence-electron chi connectivity index (χ4n) is 3.89. The van der Waals surface area contributed by atoms with E-state index in [2.05, 4.69) is 19.9 Å². The molecule has 36 heavy (non-hydrogen) atoms. The van der Waals surface area contributed by atoms with Crippen LogP contribution in [0.5, 0.6) is 5.75 Å². The summed E-state index contributed by atoms with van der Waals surface area (Å²) in [5.41, 5.74) is 0.213. The van der Waals surface area contributed by atoms with Gasteiger partial charge in [-0.15, -0.1) is 24.5 Å². The van der Waals surface area contributed by atoms with Crippen molar-refractivity contribution in [3.8, 4) is 5.75 Å². The Bertz CT molecular complexity index is 1190. The fourth-order valence-corrected chi connectivity index (χ4v) is 4.86. The molecule has 2 aliphatic rings. The number of nitrogens with zero attached hydrogens (tertiary/aromatic N) is 3. The maximum Gasteiger partial charge on any atom is 0.573 e. The highest BCUT2D eigenvalue weighted by atomic mass is 32.1. The zero-order valence-corrected chi connectivity index (χ0v) is 19.8. The minimum Gasteiger partial charge on any atom is -0.405 e. The predicted octanol–water partition coefficient (Wildman–Crippen LogP) is 3.00. The Labute approximate surface area is 209 Å². The maximum absolute atomic E-state index is 12.6. The largest absolute Gasteiger partial charge is 0.573 e. The summed E-state index contributed by atoms with van der Waals surface area (Å²) in [7, 11) is 0. The highest BCUT2D eigenvalue weighted by Crippen LogP contribution is 2.26. The number of alkyl halides is 3. The predicted molar refractivity (Wildman–Crippen MR) is 127 cm³/mol. The van der Waals surface area contributed by atoms with E-state index in [0.717, 1.165) is 4.88 Å². The van der Waals surface area contributed by atoms with Crippen molar-refractivity contribution < 1.29 is 32.3 Å². The van der Waals surface area contributed by atoms with Crippen LogP contribution in [0.1, 0.15) is 20.1 Å². The third-order valence-corrected chi connectivity index (χ3v) is 6.78. The Morgan fingerprint density at radius 1 is 1.11 bits per heavy atom. The Morgan fingerprint density at radius 3 is 2.58 bits per heavy atom. The van der Waals surface area contributed by atoms with Crippen molar-refractivity contribution in [1.82, 2.24) is 15.1 Å². The van der Waals surface area contributed by atoms with E-state index in [4.69, 9.17) is 0 Å². The number of piperazine rings is 1. The first-order chi connectivity index (χ1) is 17.2. The van der Waals surface area contributed by atoms with Gasteiger partial charge >= 0.3 is 6.36 Å². The molecule has 1 N–H and O–H groups in total. The van der Waals surface area contributed by atoms with Crippen molar-refractivity contribution in [3.05, 3.63) is 63.9 Å².